The number of methoxy groups -OCH3 is 1. The number of fused-ring (bicyclic) bond motifs is 2. The number of aromatic nitrogens is 2. The number of ether oxygens (including phenoxy) is 1. The Morgan fingerprint density at radius 3 is 1.53 bits per heavy atom. The average molecular weight is 683 g/mol. The number of nitrogens with zero attached hydrogens (tertiary/aromatic N) is 4. The van der Waals surface area contributed by atoms with Gasteiger partial charge in [-0.25, -0.2) is 9.59 Å². The molecule has 2 aliphatic heterocycles. The van der Waals surface area contributed by atoms with Crippen molar-refractivity contribution < 1.29 is 64.1 Å². The van der Waals surface area contributed by atoms with Crippen molar-refractivity contribution in [2.24, 2.45) is 11.8 Å². The molecule has 0 aliphatic carbocycles. The first kappa shape index (κ1) is 39.8. The predicted octanol–water partition coefficient (Wildman–Crippen LogP) is 3.07. The quantitative estimate of drug-likeness (QED) is 0.243. The number of likely N-dealkylation sites (tertiary alicyclic amines) is 2. The molecule has 4 atom stereocenters. The van der Waals surface area contributed by atoms with Gasteiger partial charge < -0.3 is 34.3 Å². The van der Waals surface area contributed by atoms with Crippen LogP contribution in [0.3, 0.4) is 0 Å². The number of amides is 2. The van der Waals surface area contributed by atoms with E-state index in [0.717, 1.165) is 59.1 Å². The molecule has 2 fully saturated rings. The minimum atomic E-state index is -0.899. The SMILES string of the molecule is COC(=O)c1c(C)n(C(C)C2CCN(C)C(=O)C2)c2ccccc12.Cc1c(C(=O)O)c2ccccc2n1C(C)C1CCN(C)C(=O)C1.[Na+].[OH-]. The van der Waals surface area contributed by atoms with Gasteiger partial charge in [0.2, 0.25) is 11.8 Å². The van der Waals surface area contributed by atoms with Crippen molar-refractivity contribution in [3.05, 3.63) is 71.0 Å². The smallest absolute Gasteiger partial charge is 0.870 e. The molecule has 4 unspecified atom stereocenters. The van der Waals surface area contributed by atoms with Crippen molar-refractivity contribution in [1.82, 2.24) is 18.9 Å². The summed E-state index contributed by atoms with van der Waals surface area (Å²) >= 11 is 0. The molecule has 0 bridgehead atoms. The molecule has 2 aliphatic rings. The summed E-state index contributed by atoms with van der Waals surface area (Å²) in [6, 6.07) is 15.7. The maximum Gasteiger partial charge on any atom is 1.00 e. The molecule has 2 aromatic heterocycles. The molecule has 4 aromatic rings. The van der Waals surface area contributed by atoms with E-state index in [-0.39, 0.29) is 76.7 Å². The van der Waals surface area contributed by atoms with Crippen LogP contribution >= 0.6 is 0 Å². The van der Waals surface area contributed by atoms with E-state index < -0.39 is 5.97 Å². The van der Waals surface area contributed by atoms with Gasteiger partial charge in [0.05, 0.1) is 18.2 Å². The maximum atomic E-state index is 12.3. The van der Waals surface area contributed by atoms with E-state index in [9.17, 15) is 24.3 Å². The normalized spacial score (nSPS) is 19.0. The van der Waals surface area contributed by atoms with Crippen molar-refractivity contribution in [1.29, 1.82) is 0 Å². The van der Waals surface area contributed by atoms with Crippen LogP contribution in [-0.4, -0.2) is 87.6 Å². The van der Waals surface area contributed by atoms with Gasteiger partial charge in [0, 0.05) is 85.3 Å². The van der Waals surface area contributed by atoms with Crippen molar-refractivity contribution in [3.63, 3.8) is 0 Å². The van der Waals surface area contributed by atoms with E-state index in [1.54, 1.807) is 9.80 Å². The van der Waals surface area contributed by atoms with Gasteiger partial charge in [0.15, 0.2) is 0 Å². The third kappa shape index (κ3) is 7.60. The molecule has 49 heavy (non-hydrogen) atoms. The van der Waals surface area contributed by atoms with Gasteiger partial charge in [0.1, 0.15) is 0 Å². The monoisotopic (exact) mass is 682 g/mol. The number of hydrogen-bond acceptors (Lipinski definition) is 6. The Balaban J connectivity index is 0.000000255. The number of carbonyl (C=O) groups excluding carboxylic acids is 3. The number of aromatic carboxylic acids is 1. The first-order valence-corrected chi connectivity index (χ1v) is 16.4. The predicted molar refractivity (Wildman–Crippen MR) is 184 cm³/mol. The van der Waals surface area contributed by atoms with Gasteiger partial charge >= 0.3 is 41.5 Å². The zero-order valence-corrected chi connectivity index (χ0v) is 31.9. The van der Waals surface area contributed by atoms with Gasteiger partial charge in [0.25, 0.3) is 0 Å². The fourth-order valence-electron chi connectivity index (χ4n) is 7.64. The topological polar surface area (TPSA) is 144 Å². The van der Waals surface area contributed by atoms with Crippen LogP contribution in [-0.2, 0) is 14.3 Å². The van der Waals surface area contributed by atoms with E-state index in [1.807, 2.05) is 76.5 Å². The molecule has 2 N–H and O–H groups in total. The van der Waals surface area contributed by atoms with E-state index in [1.165, 1.54) is 7.11 Å². The third-order valence-corrected chi connectivity index (χ3v) is 10.5. The largest absolute Gasteiger partial charge is 1.00 e. The Hall–Kier alpha value is -3.64. The fourth-order valence-corrected chi connectivity index (χ4v) is 7.64. The summed E-state index contributed by atoms with van der Waals surface area (Å²) in [4.78, 5) is 51.6. The Morgan fingerprint density at radius 1 is 0.755 bits per heavy atom. The van der Waals surface area contributed by atoms with Crippen LogP contribution in [0.15, 0.2) is 48.5 Å². The second-order valence-electron chi connectivity index (χ2n) is 13.1. The Bertz CT molecular complexity index is 1850. The van der Waals surface area contributed by atoms with Crippen LogP contribution < -0.4 is 29.6 Å². The standard InChI is InChI=1S/C19H24N2O3.C18H22N2O3.Na.H2O/c1-12(14-9-10-20(3)17(22)11-14)21-13(2)18(19(23)24-4)15-7-5-6-8-16(15)21;1-11(13-8-9-19(3)16(21)10-13)20-12(2)17(18(22)23)14-6-4-5-7-15(14)20;;/h5-8,12,14H,9-11H2,1-4H3;4-7,11,13H,8-10H2,1-3H3,(H,22,23);;1H2/q;;+1;/p-1. The molecule has 2 aromatic carbocycles. The van der Waals surface area contributed by atoms with Crippen LogP contribution in [0, 0.1) is 25.7 Å². The van der Waals surface area contributed by atoms with Crippen LogP contribution in [0.4, 0.5) is 0 Å². The number of piperidine rings is 2. The summed E-state index contributed by atoms with van der Waals surface area (Å²) in [6.45, 7) is 9.60. The maximum absolute atomic E-state index is 12.3. The first-order chi connectivity index (χ1) is 22.4. The molecule has 12 heteroatoms. The summed E-state index contributed by atoms with van der Waals surface area (Å²) in [5.41, 5.74) is 4.61. The van der Waals surface area contributed by atoms with Gasteiger partial charge in [-0.3, -0.25) is 9.59 Å². The van der Waals surface area contributed by atoms with Gasteiger partial charge in [-0.15, -0.1) is 0 Å². The van der Waals surface area contributed by atoms with Gasteiger partial charge in [-0.1, -0.05) is 36.4 Å². The molecule has 0 radical (unpaired) electrons. The molecule has 11 nitrogen and oxygen atoms in total. The average Bonchev–Trinajstić information content (AvgIpc) is 3.52. The Kier molecular flexibility index (Phi) is 13.3. The third-order valence-electron chi connectivity index (χ3n) is 10.5. The number of benzene rings is 2. The van der Waals surface area contributed by atoms with Gasteiger partial charge in [-0.05, 0) is 64.5 Å². The Morgan fingerprint density at radius 2 is 1.14 bits per heavy atom. The van der Waals surface area contributed by atoms with Crippen molar-refractivity contribution in [2.75, 3.05) is 34.3 Å². The second-order valence-corrected chi connectivity index (χ2v) is 13.1. The first-order valence-electron chi connectivity index (χ1n) is 16.4. The minimum absolute atomic E-state index is 0. The number of hydrogen-bond donors (Lipinski definition) is 1. The molecule has 6 rings (SSSR count). The van der Waals surface area contributed by atoms with Crippen molar-refractivity contribution >= 4 is 45.6 Å². The van der Waals surface area contributed by atoms with E-state index >= 15 is 0 Å². The number of carboxylic acids is 1. The molecule has 0 saturated carbocycles. The molecule has 4 heterocycles. The fraction of sp³-hybridized carbons (Fsp3) is 0.459. The number of esters is 1. The zero-order valence-electron chi connectivity index (χ0n) is 29.9. The van der Waals surface area contributed by atoms with E-state index in [2.05, 4.69) is 23.0 Å². The minimum Gasteiger partial charge on any atom is -0.870 e. The number of rotatable bonds is 6. The second kappa shape index (κ2) is 16.4. The van der Waals surface area contributed by atoms with Crippen LogP contribution in [0.25, 0.3) is 21.8 Å². The molecule has 2 saturated heterocycles. The molecule has 0 spiro atoms. The van der Waals surface area contributed by atoms with Crippen molar-refractivity contribution in [2.45, 2.75) is 65.5 Å². The summed E-state index contributed by atoms with van der Waals surface area (Å²) in [6.07, 6.45) is 2.99. The van der Waals surface area contributed by atoms with Crippen LogP contribution in [0.2, 0.25) is 0 Å². The summed E-state index contributed by atoms with van der Waals surface area (Å²) in [5.74, 6) is -0.345. The summed E-state index contributed by atoms with van der Waals surface area (Å²) in [7, 11) is 5.10. The van der Waals surface area contributed by atoms with Crippen LogP contribution in [0.5, 0.6) is 0 Å². The molecular weight excluding hydrogens is 635 g/mol. The zero-order chi connectivity index (χ0) is 34.2. The summed E-state index contributed by atoms with van der Waals surface area (Å²) in [5, 5.41) is 11.2. The van der Waals surface area contributed by atoms with Gasteiger partial charge in [-0.2, -0.15) is 0 Å². The van der Waals surface area contributed by atoms with Crippen LogP contribution in [0.1, 0.15) is 83.7 Å². The number of carboxylic acid groups (broad SMARTS) is 1. The van der Waals surface area contributed by atoms with Crippen molar-refractivity contribution in [3.8, 4) is 0 Å². The van der Waals surface area contributed by atoms with E-state index in [0.29, 0.717) is 24.0 Å². The summed E-state index contributed by atoms with van der Waals surface area (Å²) < 4.78 is 9.28. The molecule has 258 valence electrons. The van der Waals surface area contributed by atoms with E-state index in [4.69, 9.17) is 4.74 Å². The Labute approximate surface area is 309 Å². The number of para-hydroxylation sites is 2. The molecular formula is C37H47N4NaO7. The molecule has 2 amide bonds. The number of carbonyl (C=O) groups is 4.